The minimum atomic E-state index is 0.284. The number of nitrogens with zero attached hydrogens (tertiary/aromatic N) is 1. The molecule has 2 N–H and O–H groups in total. The van der Waals surface area contributed by atoms with Gasteiger partial charge in [0.25, 0.3) is 0 Å². The molecule has 0 heterocycles. The molecule has 23 heavy (non-hydrogen) atoms. The minimum Gasteiger partial charge on any atom is -0.357 e. The molecule has 0 amide bonds. The number of unbranched alkanes of at least 4 members (excludes halogenated alkanes) is 1. The fourth-order valence-electron chi connectivity index (χ4n) is 2.98. The van der Waals surface area contributed by atoms with Crippen molar-refractivity contribution in [2.45, 2.75) is 44.9 Å². The lowest BCUT2D eigenvalue weighted by Crippen LogP contribution is -2.38. The second kappa shape index (κ2) is 9.21. The molecule has 0 spiro atoms. The number of aryl methyl sites for hydroxylation is 1. The summed E-state index contributed by atoms with van der Waals surface area (Å²) >= 11 is 1.92. The summed E-state index contributed by atoms with van der Waals surface area (Å²) in [7, 11) is 0. The van der Waals surface area contributed by atoms with Crippen molar-refractivity contribution in [1.82, 2.24) is 10.6 Å². The molecule has 1 aliphatic rings. The first kappa shape index (κ1) is 18.2. The molecule has 0 bridgehead atoms. The zero-order valence-electron chi connectivity index (χ0n) is 14.8. The Morgan fingerprint density at radius 3 is 2.65 bits per heavy atom. The van der Waals surface area contributed by atoms with E-state index in [1.165, 1.54) is 42.6 Å². The third kappa shape index (κ3) is 5.45. The largest absolute Gasteiger partial charge is 0.357 e. The van der Waals surface area contributed by atoms with Crippen LogP contribution < -0.4 is 10.6 Å². The number of hydrogen-bond donors (Lipinski definition) is 2. The van der Waals surface area contributed by atoms with Crippen LogP contribution >= 0.6 is 11.8 Å². The molecule has 3 nitrogen and oxygen atoms in total. The predicted octanol–water partition coefficient (Wildman–Crippen LogP) is 3.72. The number of nitrogens with one attached hydrogen (secondary N) is 2. The molecule has 1 saturated carbocycles. The average molecular weight is 334 g/mol. The maximum Gasteiger partial charge on any atom is 0.191 e. The maximum absolute atomic E-state index is 4.87. The Labute approximate surface area is 145 Å². The highest BCUT2D eigenvalue weighted by Crippen LogP contribution is 2.49. The summed E-state index contributed by atoms with van der Waals surface area (Å²) in [4.78, 5) is 4.87. The Hall–Kier alpha value is -1.16. The number of thioether (sulfide) groups is 1. The molecular weight excluding hydrogens is 302 g/mol. The highest BCUT2D eigenvalue weighted by molar-refractivity contribution is 7.98. The molecule has 0 saturated heterocycles. The van der Waals surface area contributed by atoms with Crippen molar-refractivity contribution in [1.29, 1.82) is 0 Å². The van der Waals surface area contributed by atoms with Crippen molar-refractivity contribution in [3.05, 3.63) is 35.4 Å². The van der Waals surface area contributed by atoms with Crippen molar-refractivity contribution in [2.24, 2.45) is 4.99 Å². The van der Waals surface area contributed by atoms with E-state index in [1.807, 2.05) is 11.8 Å². The van der Waals surface area contributed by atoms with Gasteiger partial charge in [0.05, 0.1) is 6.54 Å². The van der Waals surface area contributed by atoms with Crippen LogP contribution in [0.4, 0.5) is 0 Å². The van der Waals surface area contributed by atoms with Gasteiger partial charge in [-0.15, -0.1) is 0 Å². The summed E-state index contributed by atoms with van der Waals surface area (Å²) in [5, 5.41) is 6.85. The zero-order valence-corrected chi connectivity index (χ0v) is 15.6. The highest BCUT2D eigenvalue weighted by atomic mass is 32.2. The number of aliphatic imine (C=N–C) groups is 1. The molecule has 1 aromatic rings. The standard InChI is InChI=1S/C19H31N3S/c1-4-20-18(21-13-7-8-14-23-3)22-15-19(11-12-19)17-10-6-5-9-16(17)2/h5-6,9-10H,4,7-8,11-15H2,1-3H3,(H2,20,21,22). The molecule has 1 fully saturated rings. The second-order valence-corrected chi connectivity index (χ2v) is 7.40. The fraction of sp³-hybridized carbons (Fsp3) is 0.632. The van der Waals surface area contributed by atoms with Crippen LogP contribution in [-0.2, 0) is 5.41 Å². The predicted molar refractivity (Wildman–Crippen MR) is 104 cm³/mol. The maximum atomic E-state index is 4.87. The third-order valence-corrected chi connectivity index (χ3v) is 5.22. The number of hydrogen-bond acceptors (Lipinski definition) is 2. The molecule has 0 atom stereocenters. The molecule has 0 aliphatic heterocycles. The van der Waals surface area contributed by atoms with E-state index in [0.717, 1.165) is 25.6 Å². The monoisotopic (exact) mass is 333 g/mol. The van der Waals surface area contributed by atoms with Gasteiger partial charge in [0.15, 0.2) is 5.96 Å². The SMILES string of the molecule is CCNC(=NCC1(c2ccccc2C)CC1)NCCCCSC. The van der Waals surface area contributed by atoms with Crippen LogP contribution in [0, 0.1) is 6.92 Å². The molecule has 0 unspecified atom stereocenters. The van der Waals surface area contributed by atoms with Gasteiger partial charge in [-0.2, -0.15) is 11.8 Å². The first-order chi connectivity index (χ1) is 11.2. The lowest BCUT2D eigenvalue weighted by molar-refractivity contribution is 0.681. The van der Waals surface area contributed by atoms with E-state index < -0.39 is 0 Å². The van der Waals surface area contributed by atoms with E-state index in [-0.39, 0.29) is 5.41 Å². The van der Waals surface area contributed by atoms with Gasteiger partial charge in [0.2, 0.25) is 0 Å². The van der Waals surface area contributed by atoms with E-state index >= 15 is 0 Å². The average Bonchev–Trinajstić information content (AvgIpc) is 3.34. The van der Waals surface area contributed by atoms with Crippen LogP contribution in [0.15, 0.2) is 29.3 Å². The minimum absolute atomic E-state index is 0.284. The Bertz CT molecular complexity index is 509. The number of rotatable bonds is 9. The Kier molecular flexibility index (Phi) is 7.28. The van der Waals surface area contributed by atoms with Crippen molar-refractivity contribution >= 4 is 17.7 Å². The molecular formula is C19H31N3S. The van der Waals surface area contributed by atoms with Gasteiger partial charge in [-0.1, -0.05) is 24.3 Å². The zero-order chi connectivity index (χ0) is 16.5. The molecule has 1 aliphatic carbocycles. The fourth-order valence-corrected chi connectivity index (χ4v) is 3.47. The van der Waals surface area contributed by atoms with Crippen LogP contribution in [0.2, 0.25) is 0 Å². The normalized spacial score (nSPS) is 16.2. The Morgan fingerprint density at radius 1 is 1.22 bits per heavy atom. The number of benzene rings is 1. The first-order valence-corrected chi connectivity index (χ1v) is 10.2. The molecule has 0 aromatic heterocycles. The lowest BCUT2D eigenvalue weighted by atomic mass is 9.92. The van der Waals surface area contributed by atoms with E-state index in [4.69, 9.17) is 4.99 Å². The summed E-state index contributed by atoms with van der Waals surface area (Å²) in [5.41, 5.74) is 3.17. The van der Waals surface area contributed by atoms with Crippen LogP contribution in [-0.4, -0.2) is 37.6 Å². The second-order valence-electron chi connectivity index (χ2n) is 6.42. The van der Waals surface area contributed by atoms with Crippen LogP contribution in [0.5, 0.6) is 0 Å². The first-order valence-electron chi connectivity index (χ1n) is 8.79. The molecule has 1 aromatic carbocycles. The van der Waals surface area contributed by atoms with Crippen molar-refractivity contribution in [2.75, 3.05) is 31.6 Å². The van der Waals surface area contributed by atoms with E-state index in [1.54, 1.807) is 0 Å². The topological polar surface area (TPSA) is 36.4 Å². The summed E-state index contributed by atoms with van der Waals surface area (Å²) in [6, 6.07) is 8.77. The van der Waals surface area contributed by atoms with E-state index in [0.29, 0.717) is 0 Å². The molecule has 2 rings (SSSR count). The van der Waals surface area contributed by atoms with Crippen LogP contribution in [0.1, 0.15) is 43.7 Å². The molecule has 0 radical (unpaired) electrons. The highest BCUT2D eigenvalue weighted by Gasteiger charge is 2.44. The van der Waals surface area contributed by atoms with E-state index in [2.05, 4.69) is 55.0 Å². The van der Waals surface area contributed by atoms with Gasteiger partial charge in [-0.3, -0.25) is 4.99 Å². The van der Waals surface area contributed by atoms with Gasteiger partial charge < -0.3 is 10.6 Å². The molecule has 4 heteroatoms. The summed E-state index contributed by atoms with van der Waals surface area (Å²) in [5.74, 6) is 2.21. The van der Waals surface area contributed by atoms with Gasteiger partial charge >= 0.3 is 0 Å². The van der Waals surface area contributed by atoms with Crippen molar-refractivity contribution < 1.29 is 0 Å². The van der Waals surface area contributed by atoms with Crippen molar-refractivity contribution in [3.63, 3.8) is 0 Å². The smallest absolute Gasteiger partial charge is 0.191 e. The molecule has 128 valence electrons. The summed E-state index contributed by atoms with van der Waals surface area (Å²) < 4.78 is 0. The quantitative estimate of drug-likeness (QED) is 0.411. The van der Waals surface area contributed by atoms with Gasteiger partial charge in [-0.05, 0) is 62.7 Å². The summed E-state index contributed by atoms with van der Waals surface area (Å²) in [6.07, 6.45) is 7.15. The Morgan fingerprint density at radius 2 is 2.00 bits per heavy atom. The number of guanidine groups is 1. The summed E-state index contributed by atoms with van der Waals surface area (Å²) in [6.45, 7) is 7.14. The van der Waals surface area contributed by atoms with Crippen LogP contribution in [0.25, 0.3) is 0 Å². The van der Waals surface area contributed by atoms with E-state index in [9.17, 15) is 0 Å². The van der Waals surface area contributed by atoms with Gasteiger partial charge in [0.1, 0.15) is 0 Å². The van der Waals surface area contributed by atoms with Gasteiger partial charge in [0, 0.05) is 18.5 Å². The third-order valence-electron chi connectivity index (χ3n) is 4.52. The van der Waals surface area contributed by atoms with Crippen molar-refractivity contribution in [3.8, 4) is 0 Å². The Balaban J connectivity index is 1.91. The van der Waals surface area contributed by atoms with Crippen LogP contribution in [0.3, 0.4) is 0 Å². The lowest BCUT2D eigenvalue weighted by Gasteiger charge is -2.17. The van der Waals surface area contributed by atoms with Gasteiger partial charge in [-0.25, -0.2) is 0 Å².